The fourth-order valence-electron chi connectivity index (χ4n) is 2.63. The summed E-state index contributed by atoms with van der Waals surface area (Å²) in [6, 6.07) is 9.15. The molecule has 1 N–H and O–H groups in total. The number of hydrogen-bond donors (Lipinski definition) is 1. The standard InChI is InChI=1S/C17H25N3/c1-5-13-8-10-14(11-9-13)17(18-7-3)15-12-20(4)19-16(15)6-2/h8-12,17-18H,5-7H2,1-4H3. The first-order chi connectivity index (χ1) is 9.69. The molecule has 1 heterocycles. The fraction of sp³-hybridized carbons (Fsp3) is 0.471. The largest absolute Gasteiger partial charge is 0.306 e. The van der Waals surface area contributed by atoms with Crippen LogP contribution in [-0.2, 0) is 19.9 Å². The predicted octanol–water partition coefficient (Wildman–Crippen LogP) is 3.24. The molecule has 108 valence electrons. The molecule has 1 atom stereocenters. The molecule has 0 saturated carbocycles. The van der Waals surface area contributed by atoms with Crippen LogP contribution in [0.25, 0.3) is 0 Å². The molecule has 0 aliphatic rings. The van der Waals surface area contributed by atoms with E-state index in [0.29, 0.717) is 0 Å². The second kappa shape index (κ2) is 6.71. The third-order valence-corrected chi connectivity index (χ3v) is 3.71. The van der Waals surface area contributed by atoms with E-state index in [2.05, 4.69) is 61.6 Å². The lowest BCUT2D eigenvalue weighted by atomic mass is 9.97. The van der Waals surface area contributed by atoms with Crippen LogP contribution in [0, 0.1) is 0 Å². The van der Waals surface area contributed by atoms with Crippen LogP contribution in [-0.4, -0.2) is 16.3 Å². The van der Waals surface area contributed by atoms with Crippen molar-refractivity contribution in [3.05, 3.63) is 52.8 Å². The smallest absolute Gasteiger partial charge is 0.0673 e. The third kappa shape index (κ3) is 3.10. The van der Waals surface area contributed by atoms with Gasteiger partial charge in [-0.25, -0.2) is 0 Å². The Hall–Kier alpha value is -1.61. The van der Waals surface area contributed by atoms with Crippen LogP contribution >= 0.6 is 0 Å². The van der Waals surface area contributed by atoms with Crippen molar-refractivity contribution in [3.63, 3.8) is 0 Å². The van der Waals surface area contributed by atoms with Gasteiger partial charge in [0.25, 0.3) is 0 Å². The molecular formula is C17H25N3. The average molecular weight is 271 g/mol. The molecule has 0 saturated heterocycles. The molecule has 3 nitrogen and oxygen atoms in total. The van der Waals surface area contributed by atoms with Crippen LogP contribution in [0.1, 0.15) is 49.2 Å². The Morgan fingerprint density at radius 2 is 1.80 bits per heavy atom. The van der Waals surface area contributed by atoms with Gasteiger partial charge in [-0.2, -0.15) is 5.10 Å². The predicted molar refractivity (Wildman–Crippen MR) is 83.9 cm³/mol. The summed E-state index contributed by atoms with van der Waals surface area (Å²) in [7, 11) is 1.99. The van der Waals surface area contributed by atoms with Gasteiger partial charge in [0.15, 0.2) is 0 Å². The van der Waals surface area contributed by atoms with Crippen molar-refractivity contribution in [1.82, 2.24) is 15.1 Å². The molecule has 2 rings (SSSR count). The number of aryl methyl sites for hydroxylation is 3. The summed E-state index contributed by atoms with van der Waals surface area (Å²) >= 11 is 0. The lowest BCUT2D eigenvalue weighted by Crippen LogP contribution is -2.22. The molecule has 0 spiro atoms. The van der Waals surface area contributed by atoms with Crippen molar-refractivity contribution < 1.29 is 0 Å². The summed E-state index contributed by atoms with van der Waals surface area (Å²) in [5.41, 5.74) is 5.16. The Labute approximate surface area is 122 Å². The van der Waals surface area contributed by atoms with E-state index >= 15 is 0 Å². The van der Waals surface area contributed by atoms with Crippen LogP contribution in [0.2, 0.25) is 0 Å². The number of rotatable bonds is 6. The summed E-state index contributed by atoms with van der Waals surface area (Å²) in [5.74, 6) is 0. The average Bonchev–Trinajstić information content (AvgIpc) is 2.85. The maximum absolute atomic E-state index is 4.57. The van der Waals surface area contributed by atoms with Gasteiger partial charge < -0.3 is 5.32 Å². The topological polar surface area (TPSA) is 29.9 Å². The normalized spacial score (nSPS) is 12.6. The molecule has 0 bridgehead atoms. The molecule has 20 heavy (non-hydrogen) atoms. The van der Waals surface area contributed by atoms with Crippen molar-refractivity contribution in [1.29, 1.82) is 0 Å². The quantitative estimate of drug-likeness (QED) is 0.874. The summed E-state index contributed by atoms with van der Waals surface area (Å²) in [5, 5.41) is 8.16. The molecule has 0 radical (unpaired) electrons. The first-order valence-corrected chi connectivity index (χ1v) is 7.54. The first kappa shape index (κ1) is 14.8. The zero-order valence-corrected chi connectivity index (χ0v) is 13.0. The van der Waals surface area contributed by atoms with Gasteiger partial charge in [0.1, 0.15) is 0 Å². The zero-order chi connectivity index (χ0) is 14.5. The lowest BCUT2D eigenvalue weighted by Gasteiger charge is -2.18. The highest BCUT2D eigenvalue weighted by atomic mass is 15.3. The van der Waals surface area contributed by atoms with E-state index in [1.165, 1.54) is 22.4 Å². The lowest BCUT2D eigenvalue weighted by molar-refractivity contribution is 0.625. The van der Waals surface area contributed by atoms with Crippen molar-refractivity contribution in [2.45, 2.75) is 39.7 Å². The van der Waals surface area contributed by atoms with Gasteiger partial charge >= 0.3 is 0 Å². The van der Waals surface area contributed by atoms with E-state index in [1.54, 1.807) is 0 Å². The van der Waals surface area contributed by atoms with E-state index in [-0.39, 0.29) is 6.04 Å². The molecule has 3 heteroatoms. The molecule has 0 aliphatic heterocycles. The second-order valence-corrected chi connectivity index (χ2v) is 5.14. The van der Waals surface area contributed by atoms with Gasteiger partial charge in [-0.05, 0) is 30.5 Å². The Morgan fingerprint density at radius 3 is 2.35 bits per heavy atom. The summed E-state index contributed by atoms with van der Waals surface area (Å²) in [6.07, 6.45) is 4.18. The molecule has 1 unspecified atom stereocenters. The minimum absolute atomic E-state index is 0.231. The van der Waals surface area contributed by atoms with Crippen LogP contribution in [0.15, 0.2) is 30.5 Å². The molecule has 0 aliphatic carbocycles. The second-order valence-electron chi connectivity index (χ2n) is 5.14. The summed E-state index contributed by atoms with van der Waals surface area (Å²) < 4.78 is 1.92. The maximum Gasteiger partial charge on any atom is 0.0673 e. The fourth-order valence-corrected chi connectivity index (χ4v) is 2.63. The van der Waals surface area contributed by atoms with Gasteiger partial charge in [-0.1, -0.05) is 45.0 Å². The van der Waals surface area contributed by atoms with Crippen LogP contribution in [0.3, 0.4) is 0 Å². The van der Waals surface area contributed by atoms with Gasteiger partial charge in [-0.15, -0.1) is 0 Å². The third-order valence-electron chi connectivity index (χ3n) is 3.71. The van der Waals surface area contributed by atoms with Gasteiger partial charge in [0, 0.05) is 18.8 Å². The number of aromatic nitrogens is 2. The molecule has 0 fully saturated rings. The number of nitrogens with one attached hydrogen (secondary N) is 1. The molecule has 2 aromatic rings. The summed E-state index contributed by atoms with van der Waals surface area (Å²) in [6.45, 7) is 7.44. The Morgan fingerprint density at radius 1 is 1.10 bits per heavy atom. The molecule has 1 aromatic carbocycles. The molecule has 0 amide bonds. The van der Waals surface area contributed by atoms with Gasteiger partial charge in [0.05, 0.1) is 11.7 Å². The van der Waals surface area contributed by atoms with Crippen molar-refractivity contribution in [2.24, 2.45) is 7.05 Å². The number of hydrogen-bond acceptors (Lipinski definition) is 2. The minimum atomic E-state index is 0.231. The van der Waals surface area contributed by atoms with E-state index < -0.39 is 0 Å². The van der Waals surface area contributed by atoms with E-state index in [0.717, 1.165) is 19.4 Å². The van der Waals surface area contributed by atoms with Crippen LogP contribution in [0.4, 0.5) is 0 Å². The Bertz CT molecular complexity index is 540. The monoisotopic (exact) mass is 271 g/mol. The van der Waals surface area contributed by atoms with Crippen LogP contribution in [0.5, 0.6) is 0 Å². The minimum Gasteiger partial charge on any atom is -0.306 e. The van der Waals surface area contributed by atoms with E-state index in [4.69, 9.17) is 0 Å². The number of benzene rings is 1. The Balaban J connectivity index is 2.38. The van der Waals surface area contributed by atoms with Crippen molar-refractivity contribution in [2.75, 3.05) is 6.54 Å². The van der Waals surface area contributed by atoms with Gasteiger partial charge in [0.2, 0.25) is 0 Å². The Kier molecular flexibility index (Phi) is 4.96. The molecular weight excluding hydrogens is 246 g/mol. The first-order valence-electron chi connectivity index (χ1n) is 7.54. The summed E-state index contributed by atoms with van der Waals surface area (Å²) in [4.78, 5) is 0. The van der Waals surface area contributed by atoms with Crippen molar-refractivity contribution >= 4 is 0 Å². The van der Waals surface area contributed by atoms with Gasteiger partial charge in [-0.3, -0.25) is 4.68 Å². The van der Waals surface area contributed by atoms with Crippen LogP contribution < -0.4 is 5.32 Å². The van der Waals surface area contributed by atoms with E-state index in [1.807, 2.05) is 11.7 Å². The van der Waals surface area contributed by atoms with E-state index in [9.17, 15) is 0 Å². The molecule has 1 aromatic heterocycles. The highest BCUT2D eigenvalue weighted by molar-refractivity contribution is 5.35. The highest BCUT2D eigenvalue weighted by Gasteiger charge is 2.18. The SMILES string of the molecule is CCNC(c1ccc(CC)cc1)c1cn(C)nc1CC. The number of nitrogens with zero attached hydrogens (tertiary/aromatic N) is 2. The highest BCUT2D eigenvalue weighted by Crippen LogP contribution is 2.25. The maximum atomic E-state index is 4.57. The zero-order valence-electron chi connectivity index (χ0n) is 13.0. The van der Waals surface area contributed by atoms with Crippen molar-refractivity contribution in [3.8, 4) is 0 Å².